The minimum Gasteiger partial charge on any atom is -0.461 e. The van der Waals surface area contributed by atoms with E-state index in [-0.39, 0.29) is 11.9 Å². The Morgan fingerprint density at radius 1 is 1.24 bits per heavy atom. The molecule has 25 heavy (non-hydrogen) atoms. The van der Waals surface area contributed by atoms with Crippen molar-refractivity contribution < 1.29 is 13.7 Å². The molecule has 1 atom stereocenters. The third-order valence-corrected chi connectivity index (χ3v) is 4.58. The third-order valence-electron chi connectivity index (χ3n) is 4.58. The zero-order chi connectivity index (χ0) is 17.2. The number of nitrogens with one attached hydrogen (secondary N) is 1. The number of carbonyl (C=O) groups excluding carboxylic acids is 1. The van der Waals surface area contributed by atoms with Crippen molar-refractivity contribution in [2.75, 3.05) is 7.05 Å². The van der Waals surface area contributed by atoms with Crippen LogP contribution in [0.2, 0.25) is 0 Å². The molecule has 1 aliphatic heterocycles. The summed E-state index contributed by atoms with van der Waals surface area (Å²) in [6.45, 7) is 1.24. The minimum atomic E-state index is -0.219. The highest BCUT2D eigenvalue weighted by Gasteiger charge is 2.31. The number of carbonyl (C=O) groups is 1. The Morgan fingerprint density at radius 2 is 2.08 bits per heavy atom. The summed E-state index contributed by atoms with van der Waals surface area (Å²) >= 11 is 0. The first kappa shape index (κ1) is 15.7. The number of furan rings is 1. The second-order valence-electron chi connectivity index (χ2n) is 6.17. The maximum atomic E-state index is 12.4. The quantitative estimate of drug-likeness (QED) is 0.792. The number of aromatic nitrogens is 1. The first-order valence-electron chi connectivity index (χ1n) is 8.26. The highest BCUT2D eigenvalue weighted by atomic mass is 16.5. The number of rotatable bonds is 4. The van der Waals surface area contributed by atoms with Crippen LogP contribution in [-0.2, 0) is 24.3 Å². The topological polar surface area (TPSA) is 71.5 Å². The molecule has 0 saturated carbocycles. The number of nitrogens with zero attached hydrogens (tertiary/aromatic N) is 2. The predicted molar refractivity (Wildman–Crippen MR) is 91.5 cm³/mol. The van der Waals surface area contributed by atoms with Gasteiger partial charge in [-0.25, -0.2) is 0 Å². The van der Waals surface area contributed by atoms with Gasteiger partial charge in [-0.3, -0.25) is 9.69 Å². The number of amides is 1. The average molecular weight is 337 g/mol. The Labute approximate surface area is 145 Å². The van der Waals surface area contributed by atoms with Crippen LogP contribution in [0.5, 0.6) is 0 Å². The monoisotopic (exact) mass is 337 g/mol. The molecule has 3 heterocycles. The maximum absolute atomic E-state index is 12.4. The molecule has 0 spiro atoms. The molecular formula is C19H19N3O3. The van der Waals surface area contributed by atoms with E-state index in [1.165, 1.54) is 11.1 Å². The summed E-state index contributed by atoms with van der Waals surface area (Å²) in [5.41, 5.74) is 3.25. The molecule has 0 radical (unpaired) electrons. The Balaban J connectivity index is 1.58. The summed E-state index contributed by atoms with van der Waals surface area (Å²) in [6.07, 6.45) is 2.29. The highest BCUT2D eigenvalue weighted by molar-refractivity contribution is 5.82. The summed E-state index contributed by atoms with van der Waals surface area (Å²) in [5, 5.41) is 6.90. The molecule has 1 unspecified atom stereocenters. The van der Waals surface area contributed by atoms with Crippen LogP contribution in [0.3, 0.4) is 0 Å². The third kappa shape index (κ3) is 3.08. The highest BCUT2D eigenvalue weighted by Crippen LogP contribution is 2.26. The fourth-order valence-corrected chi connectivity index (χ4v) is 3.30. The number of fused-ring (bicyclic) bond motifs is 1. The van der Waals surface area contributed by atoms with Crippen LogP contribution in [0.1, 0.15) is 16.8 Å². The Kier molecular flexibility index (Phi) is 4.11. The van der Waals surface area contributed by atoms with Crippen molar-refractivity contribution in [1.29, 1.82) is 0 Å². The van der Waals surface area contributed by atoms with E-state index in [0.29, 0.717) is 31.0 Å². The second kappa shape index (κ2) is 6.57. The van der Waals surface area contributed by atoms with E-state index in [1.807, 2.05) is 24.3 Å². The number of benzene rings is 1. The van der Waals surface area contributed by atoms with Gasteiger partial charge in [0.05, 0.1) is 18.0 Å². The Hall–Kier alpha value is -2.86. The summed E-state index contributed by atoms with van der Waals surface area (Å²) in [5.74, 6) is 1.25. The lowest BCUT2D eigenvalue weighted by Crippen LogP contribution is -2.49. The van der Waals surface area contributed by atoms with Gasteiger partial charge in [-0.05, 0) is 29.7 Å². The molecule has 0 fully saturated rings. The summed E-state index contributed by atoms with van der Waals surface area (Å²) in [7, 11) is 1.67. The van der Waals surface area contributed by atoms with Crippen molar-refractivity contribution in [3.05, 3.63) is 65.5 Å². The minimum absolute atomic E-state index is 0.0178. The number of hydrogen-bond donors (Lipinski definition) is 1. The van der Waals surface area contributed by atoms with Crippen molar-refractivity contribution >= 4 is 5.91 Å². The summed E-state index contributed by atoms with van der Waals surface area (Å²) < 4.78 is 10.7. The molecule has 1 N–H and O–H groups in total. The summed E-state index contributed by atoms with van der Waals surface area (Å²) in [4.78, 5) is 14.5. The van der Waals surface area contributed by atoms with Crippen LogP contribution in [-0.4, -0.2) is 29.1 Å². The molecule has 0 bridgehead atoms. The molecule has 1 aliphatic rings. The molecule has 128 valence electrons. The van der Waals surface area contributed by atoms with E-state index < -0.39 is 0 Å². The average Bonchev–Trinajstić information content (AvgIpc) is 3.32. The van der Waals surface area contributed by atoms with Crippen molar-refractivity contribution in [1.82, 2.24) is 15.4 Å². The van der Waals surface area contributed by atoms with Crippen LogP contribution < -0.4 is 5.32 Å². The normalized spacial score (nSPS) is 17.2. The molecule has 6 heteroatoms. The van der Waals surface area contributed by atoms with Gasteiger partial charge in [-0.15, -0.1) is 0 Å². The van der Waals surface area contributed by atoms with Crippen molar-refractivity contribution in [2.24, 2.45) is 0 Å². The maximum Gasteiger partial charge on any atom is 0.237 e. The molecule has 4 rings (SSSR count). The Morgan fingerprint density at radius 3 is 2.84 bits per heavy atom. The van der Waals surface area contributed by atoms with Gasteiger partial charge in [0.15, 0.2) is 5.76 Å². The van der Waals surface area contributed by atoms with Crippen molar-refractivity contribution in [3.63, 3.8) is 0 Å². The van der Waals surface area contributed by atoms with Crippen LogP contribution in [0.25, 0.3) is 11.5 Å². The van der Waals surface area contributed by atoms with Gasteiger partial charge in [0.2, 0.25) is 11.7 Å². The fourth-order valence-electron chi connectivity index (χ4n) is 3.30. The molecule has 0 aliphatic carbocycles. The van der Waals surface area contributed by atoms with Crippen molar-refractivity contribution in [3.8, 4) is 11.5 Å². The lowest BCUT2D eigenvalue weighted by Gasteiger charge is -2.35. The van der Waals surface area contributed by atoms with E-state index in [2.05, 4.69) is 27.5 Å². The molecule has 1 amide bonds. The smallest absolute Gasteiger partial charge is 0.237 e. The van der Waals surface area contributed by atoms with Gasteiger partial charge >= 0.3 is 0 Å². The van der Waals surface area contributed by atoms with Crippen molar-refractivity contribution in [2.45, 2.75) is 25.6 Å². The largest absolute Gasteiger partial charge is 0.461 e. The number of hydrogen-bond acceptors (Lipinski definition) is 5. The summed E-state index contributed by atoms with van der Waals surface area (Å²) in [6, 6.07) is 13.5. The molecule has 1 aromatic carbocycles. The fraction of sp³-hybridized carbons (Fsp3) is 0.263. The molecular weight excluding hydrogens is 318 g/mol. The van der Waals surface area contributed by atoms with Crippen LogP contribution in [0, 0.1) is 0 Å². The van der Waals surface area contributed by atoms with Gasteiger partial charge in [-0.1, -0.05) is 29.4 Å². The van der Waals surface area contributed by atoms with Gasteiger partial charge in [-0.2, -0.15) is 0 Å². The first-order valence-corrected chi connectivity index (χ1v) is 8.26. The van der Waals surface area contributed by atoms with Gasteiger partial charge in [0, 0.05) is 26.2 Å². The second-order valence-corrected chi connectivity index (χ2v) is 6.17. The zero-order valence-corrected chi connectivity index (χ0v) is 13.9. The van der Waals surface area contributed by atoms with Gasteiger partial charge in [0.25, 0.3) is 0 Å². The lowest BCUT2D eigenvalue weighted by atomic mass is 9.93. The molecule has 6 nitrogen and oxygen atoms in total. The zero-order valence-electron chi connectivity index (χ0n) is 13.9. The standard InChI is InChI=1S/C19H19N3O3/c1-20-19(23)16-9-13-5-2-3-6-14(13)11-22(16)12-15-10-18(25-21-15)17-7-4-8-24-17/h2-8,10,16H,9,11-12H2,1H3,(H,20,23). The molecule has 3 aromatic rings. The van der Waals surface area contributed by atoms with E-state index >= 15 is 0 Å². The molecule has 2 aromatic heterocycles. The molecule has 0 saturated heterocycles. The Bertz CT molecular complexity index is 870. The van der Waals surface area contributed by atoms with Crippen LogP contribution in [0.15, 0.2) is 57.7 Å². The first-order chi connectivity index (χ1) is 12.2. The van der Waals surface area contributed by atoms with Crippen LogP contribution in [0.4, 0.5) is 0 Å². The van der Waals surface area contributed by atoms with E-state index in [4.69, 9.17) is 8.94 Å². The van der Waals surface area contributed by atoms with Gasteiger partial charge in [0.1, 0.15) is 0 Å². The van der Waals surface area contributed by atoms with Gasteiger partial charge < -0.3 is 14.3 Å². The lowest BCUT2D eigenvalue weighted by molar-refractivity contribution is -0.126. The number of likely N-dealkylation sites (N-methyl/N-ethyl adjacent to an activating group) is 1. The van der Waals surface area contributed by atoms with E-state index in [0.717, 1.165) is 5.69 Å². The van der Waals surface area contributed by atoms with Crippen LogP contribution >= 0.6 is 0 Å². The SMILES string of the molecule is CNC(=O)C1Cc2ccccc2CN1Cc1cc(-c2ccco2)on1. The van der Waals surface area contributed by atoms with E-state index in [9.17, 15) is 4.79 Å². The van der Waals surface area contributed by atoms with E-state index in [1.54, 1.807) is 19.4 Å². The predicted octanol–water partition coefficient (Wildman–Crippen LogP) is 2.61.